The molecule has 0 spiro atoms. The number of nitriles is 3. The lowest BCUT2D eigenvalue weighted by molar-refractivity contribution is -0.143. The van der Waals surface area contributed by atoms with Crippen molar-refractivity contribution in [2.75, 3.05) is 0 Å². The first kappa shape index (κ1) is 97.9. The van der Waals surface area contributed by atoms with Crippen LogP contribution in [0.15, 0.2) is 340 Å². The zero-order chi connectivity index (χ0) is 106. The summed E-state index contributed by atoms with van der Waals surface area (Å²) < 4.78 is 262. The summed E-state index contributed by atoms with van der Waals surface area (Å²) in [6.07, 6.45) is -28.6. The fourth-order valence-electron chi connectivity index (χ4n) is 20.9. The van der Waals surface area contributed by atoms with Crippen LogP contribution in [0.3, 0.4) is 0 Å². The van der Waals surface area contributed by atoms with Crippen LogP contribution in [-0.4, -0.2) is 18.3 Å². The van der Waals surface area contributed by atoms with Gasteiger partial charge in [0.15, 0.2) is 0 Å². The number of hydrogen-bond acceptors (Lipinski definition) is 3. The average Bonchev–Trinajstić information content (AvgIpc) is 1.58. The molecule has 0 aliphatic rings. The number of fused-ring (bicyclic) bond motifs is 12. The smallest absolute Gasteiger partial charge is 0.319 e. The van der Waals surface area contributed by atoms with Crippen LogP contribution >= 0.6 is 0 Å². The number of para-hydroxylation sites is 2. The molecule has 736 valence electrons. The minimum Gasteiger partial charge on any atom is -0.319 e. The van der Waals surface area contributed by atoms with Gasteiger partial charge in [0.25, 0.3) is 0 Å². The number of nitrogens with zero attached hydrogens (tertiary/aromatic N) is 8. The Bertz CT molecular complexity index is 9630. The van der Waals surface area contributed by atoms with Crippen molar-refractivity contribution in [2.45, 2.75) is 78.6 Å². The van der Waals surface area contributed by atoms with Crippen LogP contribution in [0.2, 0.25) is 0 Å². The van der Waals surface area contributed by atoms with E-state index in [9.17, 15) is 94.8 Å². The van der Waals surface area contributed by atoms with Crippen molar-refractivity contribution in [2.24, 2.45) is 0 Å². The molecule has 0 radical (unpaired) electrons. The van der Waals surface area contributed by atoms with Crippen LogP contribution < -0.4 is 0 Å². The Morgan fingerprint density at radius 1 is 0.213 bits per heavy atom. The molecule has 22 aromatic rings. The van der Waals surface area contributed by atoms with Crippen molar-refractivity contribution >= 4 is 92.9 Å². The molecule has 0 atom stereocenters. The van der Waals surface area contributed by atoms with Crippen LogP contribution in [0.4, 0.5) is 84.7 Å². The van der Waals surface area contributed by atoms with Gasteiger partial charge >= 0.3 is 37.1 Å². The van der Waals surface area contributed by atoms with E-state index in [-0.39, 0.29) is 45.1 Å². The van der Waals surface area contributed by atoms with Gasteiger partial charge in [-0.3, -0.25) is 0 Å². The zero-order valence-electron chi connectivity index (χ0n) is 79.7. The van der Waals surface area contributed by atoms with E-state index in [4.69, 9.17) is 6.57 Å². The highest BCUT2D eigenvalue weighted by atomic mass is 19.4. The lowest BCUT2D eigenvalue weighted by atomic mass is 9.94. The van der Waals surface area contributed by atoms with Gasteiger partial charge in [-0.05, 0) is 323 Å². The van der Waals surface area contributed by atoms with Crippen LogP contribution in [-0.2, 0) is 37.1 Å². The molecule has 22 rings (SSSR count). The third kappa shape index (κ3) is 17.4. The van der Waals surface area contributed by atoms with Crippen molar-refractivity contribution in [3.05, 3.63) is 435 Å². The summed E-state index contributed by atoms with van der Waals surface area (Å²) in [4.78, 5) is 3.91. The van der Waals surface area contributed by atoms with Crippen LogP contribution in [0.5, 0.6) is 0 Å². The van der Waals surface area contributed by atoms with E-state index < -0.39 is 76.0 Å². The molecule has 0 amide bonds. The van der Waals surface area contributed by atoms with Crippen molar-refractivity contribution < 1.29 is 79.0 Å². The number of aromatic nitrogens is 4. The maximum atomic E-state index is 14.7. The third-order valence-corrected chi connectivity index (χ3v) is 27.9. The van der Waals surface area contributed by atoms with Crippen molar-refractivity contribution in [1.82, 2.24) is 18.3 Å². The van der Waals surface area contributed by atoms with E-state index in [1.807, 2.05) is 149 Å². The number of alkyl halides is 18. The van der Waals surface area contributed by atoms with Crippen molar-refractivity contribution in [3.8, 4) is 130 Å². The fourth-order valence-corrected chi connectivity index (χ4v) is 20.9. The molecular weight excluding hydrogens is 1940 g/mol. The monoisotopic (exact) mass is 2020 g/mol. The summed E-state index contributed by atoms with van der Waals surface area (Å²) >= 11 is 0. The molecule has 4 aromatic heterocycles. The largest absolute Gasteiger partial charge is 0.417 e. The van der Waals surface area contributed by atoms with Gasteiger partial charge in [-0.15, -0.1) is 0 Å². The third-order valence-electron chi connectivity index (χ3n) is 27.9. The highest BCUT2D eigenvalue weighted by molar-refractivity contribution is 6.16. The molecule has 0 saturated heterocycles. The fraction of sp³-hybridized carbons (Fsp3) is 0.0968. The second kappa shape index (κ2) is 36.5. The molecule has 4 heterocycles. The van der Waals surface area contributed by atoms with Gasteiger partial charge in [0.2, 0.25) is 5.69 Å². The van der Waals surface area contributed by atoms with E-state index in [1.54, 1.807) is 141 Å². The second-order valence-corrected chi connectivity index (χ2v) is 37.3. The molecule has 18 aromatic carbocycles. The maximum absolute atomic E-state index is 14.7. The first-order valence-corrected chi connectivity index (χ1v) is 46.9. The number of hydrogen-bond donors (Lipinski definition) is 0. The minimum atomic E-state index is -5.22. The predicted octanol–water partition coefficient (Wildman–Crippen LogP) is 37.2. The molecule has 0 fully saturated rings. The molecule has 26 heteroatoms. The molecule has 150 heavy (non-hydrogen) atoms. The Kier molecular flexibility index (Phi) is 23.8. The Balaban J connectivity index is 0.000000183. The summed E-state index contributed by atoms with van der Waals surface area (Å²) in [6, 6.07) is 97.6. The SMILES string of the molecule is Cc1ccc(-c2ccc3c(c2)c2cc(-c4ccc(C)cc4C(F)(F)F)ccc2n3-c2cc(-c3ccc(C#N)c(-n4c5ccc(-c6ccc(C(F)(F)F)cc6C)cc5c5cc(-c6ccc(C(F)(F)F)cc6C(F)(F)F)ccc54)c3)ccc2C#N)c(C)c1.[C-]#[N+]c1ccc(-c2ccc(C#N)c(-n3c4ccccc4c4cc(-c5ccc(C)cc5C(F)(F)F)ccc43)c2)cc1-n1c2ccccc2c2cc(-c3ccc(C(F)(F)F)cc3C)ccc21. The maximum Gasteiger partial charge on any atom is 0.417 e. The first-order valence-electron chi connectivity index (χ1n) is 46.9. The molecule has 0 saturated carbocycles. The minimum absolute atomic E-state index is 0.0131. The number of aryl methyl sites for hydroxylation is 6. The molecule has 0 unspecified atom stereocenters. The molecule has 0 aliphatic carbocycles. The van der Waals surface area contributed by atoms with E-state index in [2.05, 4.69) is 29.1 Å². The quantitative estimate of drug-likeness (QED) is 0.0900. The van der Waals surface area contributed by atoms with Crippen molar-refractivity contribution in [3.63, 3.8) is 0 Å². The summed E-state index contributed by atoms with van der Waals surface area (Å²) in [6.45, 7) is 18.6. The van der Waals surface area contributed by atoms with Gasteiger partial charge in [-0.25, -0.2) is 4.85 Å². The Labute approximate surface area is 844 Å². The second-order valence-electron chi connectivity index (χ2n) is 37.3. The summed E-state index contributed by atoms with van der Waals surface area (Å²) in [5, 5.41) is 37.4. The zero-order valence-corrected chi connectivity index (χ0v) is 79.7. The molecule has 8 nitrogen and oxygen atoms in total. The predicted molar refractivity (Wildman–Crippen MR) is 553 cm³/mol. The summed E-state index contributed by atoms with van der Waals surface area (Å²) in [5.41, 5.74) is 12.5. The van der Waals surface area contributed by atoms with Crippen LogP contribution in [0, 0.1) is 82.1 Å². The standard InChI is InChI=1S/C70H42F12N4.C54H32F6N4/c1-37-5-17-51(39(3)25-37)43-11-21-61-55(28-43)57-30-45(53-18-6-38(2)26-59(53)69(77,78)79)13-23-63(57)85(61)65-32-41(7-9-47(65)35-83)42-8-10-48(36-84)66(33-42)86-62-22-12-44(52-19-15-49(27-40(52)4)67(71,72)73)29-56(62)58-31-46(14-24-64(58)86)54-20-16-50(68(74,75)76)34-60(54)70(80,81)82;1-31-12-19-40(45(24-31)54(58,59)60)36-17-23-49-44(27-36)41-8-4-6-10-47(41)63(49)51-28-33(13-14-37(51)30-61)34-15-21-46(62-3)52(29-34)64-48-11-7-5-9-42(48)43-26-35(16-22-50(43)64)39-20-18-38(25-32(39)2)53(55,56)57/h5-34H,1-4H3;4-29H,1-2H3. The Hall–Kier alpha value is -18.1. The highest BCUT2D eigenvalue weighted by Gasteiger charge is 2.41. The molecule has 0 aliphatic heterocycles. The van der Waals surface area contributed by atoms with E-state index in [0.29, 0.717) is 139 Å². The van der Waals surface area contributed by atoms with Crippen LogP contribution in [0.1, 0.15) is 83.5 Å². The van der Waals surface area contributed by atoms with E-state index in [1.165, 1.54) is 49.4 Å². The van der Waals surface area contributed by atoms with Gasteiger partial charge in [0.1, 0.15) is 18.2 Å². The topological polar surface area (TPSA) is 95.5 Å². The Morgan fingerprint density at radius 2 is 0.453 bits per heavy atom. The lowest BCUT2D eigenvalue weighted by Gasteiger charge is -2.17. The van der Waals surface area contributed by atoms with Gasteiger partial charge in [-0.2, -0.15) is 94.8 Å². The lowest BCUT2D eigenvalue weighted by Crippen LogP contribution is -2.12. The molecule has 0 N–H and O–H groups in total. The van der Waals surface area contributed by atoms with E-state index >= 15 is 0 Å². The first-order chi connectivity index (χ1) is 71.4. The molecular formula is C124H74F18N8. The normalized spacial score (nSPS) is 12.2. The highest BCUT2D eigenvalue weighted by Crippen LogP contribution is 2.51. The Morgan fingerprint density at radius 3 is 0.753 bits per heavy atom. The summed E-state index contributed by atoms with van der Waals surface area (Å²) in [5.74, 6) is 0. The number of benzene rings is 18. The van der Waals surface area contributed by atoms with E-state index in [0.717, 1.165) is 120 Å². The van der Waals surface area contributed by atoms with Crippen molar-refractivity contribution in [1.29, 1.82) is 15.8 Å². The number of halogens is 18. The average molecular weight is 2020 g/mol. The summed E-state index contributed by atoms with van der Waals surface area (Å²) in [7, 11) is 0. The number of rotatable bonds is 12. The van der Waals surface area contributed by atoms with Crippen LogP contribution in [0.25, 0.3) is 204 Å². The van der Waals surface area contributed by atoms with Gasteiger partial charge in [0.05, 0.1) is 124 Å². The van der Waals surface area contributed by atoms with Gasteiger partial charge in [0, 0.05) is 43.1 Å². The molecule has 0 bridgehead atoms. The van der Waals surface area contributed by atoms with Gasteiger partial charge < -0.3 is 18.3 Å². The van der Waals surface area contributed by atoms with Gasteiger partial charge in [-0.1, -0.05) is 180 Å².